The van der Waals surface area contributed by atoms with E-state index in [0.717, 1.165) is 5.56 Å². The lowest BCUT2D eigenvalue weighted by atomic mass is 9.99. The van der Waals surface area contributed by atoms with Gasteiger partial charge in [-0.05, 0) is 5.56 Å². The van der Waals surface area contributed by atoms with Gasteiger partial charge in [-0.15, -0.1) is 0 Å². The molecule has 0 aromatic heterocycles. The number of nitrogens with zero attached hydrogens (tertiary/aromatic N) is 1. The Kier molecular flexibility index (Phi) is 7.37. The molecular formula is C24H26N2O6. The Hall–Kier alpha value is -3.52. The molecule has 1 aliphatic rings. The highest BCUT2D eigenvalue weighted by molar-refractivity contribution is 6.08. The second kappa shape index (κ2) is 10.2. The van der Waals surface area contributed by atoms with Gasteiger partial charge < -0.3 is 20.1 Å². The van der Waals surface area contributed by atoms with Crippen LogP contribution in [-0.4, -0.2) is 65.4 Å². The summed E-state index contributed by atoms with van der Waals surface area (Å²) >= 11 is 0. The summed E-state index contributed by atoms with van der Waals surface area (Å²) in [6, 6.07) is 13.9. The van der Waals surface area contributed by atoms with Crippen molar-refractivity contribution < 1.29 is 29.0 Å². The Bertz CT molecular complexity index is 989. The van der Waals surface area contributed by atoms with Crippen LogP contribution in [0.2, 0.25) is 0 Å². The molecule has 1 saturated heterocycles. The number of β-amino-alcohol motifs (C(OH)–C–C–N with tert-alkyl or cyclic N) is 1. The highest BCUT2D eigenvalue weighted by Gasteiger charge is 2.38. The second-order valence-electron chi connectivity index (χ2n) is 7.76. The third kappa shape index (κ3) is 5.39. The van der Waals surface area contributed by atoms with Gasteiger partial charge in [0.15, 0.2) is 5.78 Å². The van der Waals surface area contributed by atoms with Gasteiger partial charge in [-0.25, -0.2) is 4.79 Å². The van der Waals surface area contributed by atoms with Crippen molar-refractivity contribution in [1.82, 2.24) is 10.2 Å². The average Bonchev–Trinajstić information content (AvgIpc) is 3.21. The molecule has 0 spiro atoms. The van der Waals surface area contributed by atoms with Gasteiger partial charge in [0.05, 0.1) is 13.2 Å². The quantitative estimate of drug-likeness (QED) is 0.495. The Morgan fingerprint density at radius 3 is 2.28 bits per heavy atom. The first-order valence-corrected chi connectivity index (χ1v) is 10.3. The molecule has 3 rings (SSSR count). The predicted molar refractivity (Wildman–Crippen MR) is 116 cm³/mol. The molecule has 168 valence electrons. The molecule has 32 heavy (non-hydrogen) atoms. The smallest absolute Gasteiger partial charge is 0.328 e. The lowest BCUT2D eigenvalue weighted by Crippen LogP contribution is -2.51. The van der Waals surface area contributed by atoms with Gasteiger partial charge in [-0.2, -0.15) is 0 Å². The molecule has 0 radical (unpaired) electrons. The van der Waals surface area contributed by atoms with Gasteiger partial charge in [0, 0.05) is 37.4 Å². The third-order valence-electron chi connectivity index (χ3n) is 5.48. The number of aliphatic hydroxyl groups excluding tert-OH is 1. The summed E-state index contributed by atoms with van der Waals surface area (Å²) in [6.07, 6.45) is -0.538. The van der Waals surface area contributed by atoms with Crippen LogP contribution >= 0.6 is 0 Å². The number of carbonyl (C=O) groups excluding carboxylic acids is 4. The third-order valence-corrected chi connectivity index (χ3v) is 5.48. The topological polar surface area (TPSA) is 113 Å². The Morgan fingerprint density at radius 2 is 1.69 bits per heavy atom. The van der Waals surface area contributed by atoms with Gasteiger partial charge in [0.2, 0.25) is 11.8 Å². The van der Waals surface area contributed by atoms with E-state index < -0.39 is 30.1 Å². The number of nitrogens with one attached hydrogen (secondary N) is 1. The van der Waals surface area contributed by atoms with Crippen LogP contribution in [0.3, 0.4) is 0 Å². The monoisotopic (exact) mass is 438 g/mol. The maximum absolute atomic E-state index is 12.8. The fourth-order valence-corrected chi connectivity index (χ4v) is 3.80. The van der Waals surface area contributed by atoms with Crippen molar-refractivity contribution in [3.63, 3.8) is 0 Å². The molecule has 0 bridgehead atoms. The molecule has 1 fully saturated rings. The molecule has 2 N–H and O–H groups in total. The van der Waals surface area contributed by atoms with E-state index in [4.69, 9.17) is 4.74 Å². The number of hydrogen-bond donors (Lipinski definition) is 2. The molecule has 0 saturated carbocycles. The number of amides is 2. The number of rotatable bonds is 7. The van der Waals surface area contributed by atoms with Crippen molar-refractivity contribution in [3.8, 4) is 0 Å². The van der Waals surface area contributed by atoms with E-state index in [1.165, 1.54) is 18.9 Å². The molecule has 8 heteroatoms. The van der Waals surface area contributed by atoms with Crippen molar-refractivity contribution in [2.24, 2.45) is 0 Å². The summed E-state index contributed by atoms with van der Waals surface area (Å²) < 4.78 is 4.83. The molecule has 0 unspecified atom stereocenters. The highest BCUT2D eigenvalue weighted by Crippen LogP contribution is 2.19. The number of carbonyl (C=O) groups is 4. The van der Waals surface area contributed by atoms with E-state index >= 15 is 0 Å². The van der Waals surface area contributed by atoms with Gasteiger partial charge in [0.25, 0.3) is 0 Å². The first-order chi connectivity index (χ1) is 15.3. The largest absolute Gasteiger partial charge is 0.467 e. The van der Waals surface area contributed by atoms with Crippen molar-refractivity contribution >= 4 is 23.6 Å². The molecule has 2 amide bonds. The van der Waals surface area contributed by atoms with Crippen LogP contribution < -0.4 is 5.32 Å². The van der Waals surface area contributed by atoms with Crippen LogP contribution in [0.4, 0.5) is 0 Å². The first kappa shape index (κ1) is 23.1. The Labute approximate surface area is 186 Å². The maximum Gasteiger partial charge on any atom is 0.328 e. The number of aliphatic hydroxyl groups is 1. The van der Waals surface area contributed by atoms with Crippen LogP contribution in [0.15, 0.2) is 54.6 Å². The van der Waals surface area contributed by atoms with Crippen molar-refractivity contribution in [1.29, 1.82) is 0 Å². The minimum atomic E-state index is -0.977. The van der Waals surface area contributed by atoms with Crippen molar-refractivity contribution in [3.05, 3.63) is 71.3 Å². The summed E-state index contributed by atoms with van der Waals surface area (Å²) in [7, 11) is 1.23. The zero-order valence-corrected chi connectivity index (χ0v) is 18.0. The van der Waals surface area contributed by atoms with Gasteiger partial charge >= 0.3 is 5.97 Å². The molecule has 1 aliphatic heterocycles. The number of benzene rings is 2. The molecule has 2 aromatic rings. The zero-order chi connectivity index (χ0) is 23.3. The van der Waals surface area contributed by atoms with Crippen LogP contribution in [0.25, 0.3) is 0 Å². The van der Waals surface area contributed by atoms with Gasteiger partial charge in [0.1, 0.15) is 12.1 Å². The second-order valence-corrected chi connectivity index (χ2v) is 7.76. The summed E-state index contributed by atoms with van der Waals surface area (Å²) in [4.78, 5) is 50.7. The number of ketones is 1. The Balaban J connectivity index is 1.70. The van der Waals surface area contributed by atoms with Crippen LogP contribution in [0.1, 0.15) is 34.8 Å². The minimum Gasteiger partial charge on any atom is -0.467 e. The van der Waals surface area contributed by atoms with E-state index in [0.29, 0.717) is 11.1 Å². The van der Waals surface area contributed by atoms with E-state index in [1.807, 2.05) is 6.07 Å². The fraction of sp³-hybridized carbons (Fsp3) is 0.333. The molecule has 1 heterocycles. The molecule has 2 aromatic carbocycles. The van der Waals surface area contributed by atoms with Gasteiger partial charge in [-0.3, -0.25) is 14.4 Å². The molecule has 8 nitrogen and oxygen atoms in total. The first-order valence-electron chi connectivity index (χ1n) is 10.3. The maximum atomic E-state index is 12.8. The molecule has 0 aliphatic carbocycles. The number of esters is 1. The van der Waals surface area contributed by atoms with Crippen molar-refractivity contribution in [2.45, 2.75) is 38.0 Å². The molecular weight excluding hydrogens is 412 g/mol. The summed E-state index contributed by atoms with van der Waals surface area (Å²) in [5.41, 5.74) is 1.81. The predicted octanol–water partition coefficient (Wildman–Crippen LogP) is 1.10. The highest BCUT2D eigenvalue weighted by atomic mass is 16.5. The number of methoxy groups -OCH3 is 1. The van der Waals surface area contributed by atoms with Crippen LogP contribution in [0.5, 0.6) is 0 Å². The lowest BCUT2D eigenvalue weighted by Gasteiger charge is -2.24. The van der Waals surface area contributed by atoms with E-state index in [1.54, 1.807) is 48.5 Å². The fourth-order valence-electron chi connectivity index (χ4n) is 3.80. The minimum absolute atomic E-state index is 0.0766. The number of hydrogen-bond acceptors (Lipinski definition) is 6. The summed E-state index contributed by atoms with van der Waals surface area (Å²) in [5, 5.41) is 12.5. The summed E-state index contributed by atoms with van der Waals surface area (Å²) in [6.45, 7) is 1.40. The lowest BCUT2D eigenvalue weighted by molar-refractivity contribution is -0.146. The Morgan fingerprint density at radius 1 is 1.06 bits per heavy atom. The SMILES string of the molecule is COC(=O)[C@@H](Cc1ccc(C(=O)c2ccccc2)cc1)NC(=O)[C@@H]1C[C@@H](O)CN1C(C)=O. The standard InChI is InChI=1S/C24H26N2O6/c1-15(27)26-14-19(28)13-21(26)23(30)25-20(24(31)32-2)12-16-8-10-18(11-9-16)22(29)17-6-4-3-5-7-17/h3-11,19-21,28H,12-14H2,1-2H3,(H,25,30)/t19-,20-,21+/m1/s1. The molecule has 3 atom stereocenters. The zero-order valence-electron chi connectivity index (χ0n) is 18.0. The van der Waals surface area contributed by atoms with Gasteiger partial charge in [-0.1, -0.05) is 54.6 Å². The number of ether oxygens (including phenoxy) is 1. The van der Waals surface area contributed by atoms with Crippen LogP contribution in [-0.2, 0) is 25.5 Å². The van der Waals surface area contributed by atoms with Crippen LogP contribution in [0, 0.1) is 0 Å². The van der Waals surface area contributed by atoms with E-state index in [9.17, 15) is 24.3 Å². The summed E-state index contributed by atoms with van der Waals surface area (Å²) in [5.74, 6) is -1.59. The van der Waals surface area contributed by atoms with E-state index in [2.05, 4.69) is 5.32 Å². The number of likely N-dealkylation sites (tertiary alicyclic amines) is 1. The van der Waals surface area contributed by atoms with E-state index in [-0.39, 0.29) is 31.1 Å². The van der Waals surface area contributed by atoms with Crippen molar-refractivity contribution in [2.75, 3.05) is 13.7 Å². The normalized spacial score (nSPS) is 18.7. The average molecular weight is 438 g/mol.